The third kappa shape index (κ3) is 9.32. The number of para-hydroxylation sites is 1. The van der Waals surface area contributed by atoms with Crippen LogP contribution < -0.4 is 15.4 Å². The molecule has 2 aromatic rings. The Morgan fingerprint density at radius 1 is 1.07 bits per heavy atom. The summed E-state index contributed by atoms with van der Waals surface area (Å²) in [5.41, 5.74) is 2.16. The number of aliphatic imine (C=N–C) groups is 1. The summed E-state index contributed by atoms with van der Waals surface area (Å²) in [6.07, 6.45) is 0. The second-order valence-corrected chi connectivity index (χ2v) is 7.13. The quantitative estimate of drug-likeness (QED) is 0.239. The summed E-state index contributed by atoms with van der Waals surface area (Å²) in [4.78, 5) is 6.81. The molecule has 30 heavy (non-hydrogen) atoms. The van der Waals surface area contributed by atoms with E-state index in [1.807, 2.05) is 75.6 Å². The zero-order valence-electron chi connectivity index (χ0n) is 18.2. The number of aliphatic hydroxyl groups is 1. The van der Waals surface area contributed by atoms with Crippen molar-refractivity contribution in [2.45, 2.75) is 19.4 Å². The Balaban J connectivity index is 0.00000450. The standard InChI is InChI=1S/C23H34N4O2.HI/c1-4-24-23(26-17-21(18-28)19-10-6-5-7-11-19)25-16-20-12-8-9-13-22(20)29-15-14-27(2)3;/h5-13,21,28H,4,14-18H2,1-3H3,(H2,24,25,26);1H. The minimum atomic E-state index is 0. The van der Waals surface area contributed by atoms with E-state index in [2.05, 4.69) is 15.5 Å². The van der Waals surface area contributed by atoms with Crippen molar-refractivity contribution in [3.05, 3.63) is 65.7 Å². The second kappa shape index (κ2) is 15.0. The lowest BCUT2D eigenvalue weighted by Gasteiger charge is -2.18. The first-order chi connectivity index (χ1) is 14.1. The summed E-state index contributed by atoms with van der Waals surface area (Å²) in [5, 5.41) is 16.4. The molecule has 0 spiro atoms. The molecule has 7 heteroatoms. The van der Waals surface area contributed by atoms with Gasteiger partial charge in [0, 0.05) is 31.1 Å². The van der Waals surface area contributed by atoms with Gasteiger partial charge >= 0.3 is 0 Å². The van der Waals surface area contributed by atoms with Crippen molar-refractivity contribution in [1.29, 1.82) is 0 Å². The molecule has 0 amide bonds. The molecule has 0 bridgehead atoms. The van der Waals surface area contributed by atoms with Gasteiger partial charge in [-0.2, -0.15) is 0 Å². The fraction of sp³-hybridized carbons (Fsp3) is 0.435. The molecule has 166 valence electrons. The number of hydrogen-bond acceptors (Lipinski definition) is 4. The number of guanidine groups is 1. The SMILES string of the molecule is CCNC(=NCc1ccccc1OCCN(C)C)NCC(CO)c1ccccc1.I. The van der Waals surface area contributed by atoms with Crippen molar-refractivity contribution in [1.82, 2.24) is 15.5 Å². The van der Waals surface area contributed by atoms with Crippen LogP contribution in [-0.4, -0.2) is 62.9 Å². The number of nitrogens with one attached hydrogen (secondary N) is 2. The summed E-state index contributed by atoms with van der Waals surface area (Å²) >= 11 is 0. The topological polar surface area (TPSA) is 69.1 Å². The molecular formula is C23H35IN4O2. The molecule has 0 aliphatic rings. The summed E-state index contributed by atoms with van der Waals surface area (Å²) < 4.78 is 5.93. The van der Waals surface area contributed by atoms with E-state index in [4.69, 9.17) is 9.73 Å². The lowest BCUT2D eigenvalue weighted by molar-refractivity contribution is 0.259. The van der Waals surface area contributed by atoms with E-state index in [9.17, 15) is 5.11 Å². The molecule has 1 unspecified atom stereocenters. The molecule has 0 aromatic heterocycles. The molecule has 1 atom stereocenters. The molecule has 0 heterocycles. The molecule has 0 fully saturated rings. The molecular weight excluding hydrogens is 491 g/mol. The highest BCUT2D eigenvalue weighted by Gasteiger charge is 2.11. The van der Waals surface area contributed by atoms with Gasteiger partial charge < -0.3 is 25.4 Å². The van der Waals surface area contributed by atoms with Crippen molar-refractivity contribution in [2.24, 2.45) is 4.99 Å². The van der Waals surface area contributed by atoms with Gasteiger partial charge in [-0.3, -0.25) is 0 Å². The molecule has 2 rings (SSSR count). The van der Waals surface area contributed by atoms with E-state index in [1.165, 1.54) is 0 Å². The normalized spacial score (nSPS) is 12.2. The highest BCUT2D eigenvalue weighted by molar-refractivity contribution is 14.0. The number of halogens is 1. The highest BCUT2D eigenvalue weighted by atomic mass is 127. The summed E-state index contributed by atoms with van der Waals surface area (Å²) in [6.45, 7) is 5.51. The van der Waals surface area contributed by atoms with Crippen molar-refractivity contribution in [3.8, 4) is 5.75 Å². The maximum atomic E-state index is 9.77. The average molecular weight is 526 g/mol. The van der Waals surface area contributed by atoms with Gasteiger partial charge in [-0.25, -0.2) is 4.99 Å². The Labute approximate surface area is 197 Å². The number of likely N-dealkylation sites (N-methyl/N-ethyl adjacent to an activating group) is 1. The van der Waals surface area contributed by atoms with Gasteiger partial charge in [0.2, 0.25) is 0 Å². The van der Waals surface area contributed by atoms with Crippen molar-refractivity contribution >= 4 is 29.9 Å². The van der Waals surface area contributed by atoms with Crippen LogP contribution >= 0.6 is 24.0 Å². The van der Waals surface area contributed by atoms with Crippen LogP contribution in [0.2, 0.25) is 0 Å². The molecule has 0 radical (unpaired) electrons. The number of rotatable bonds is 11. The van der Waals surface area contributed by atoms with Crippen molar-refractivity contribution < 1.29 is 9.84 Å². The predicted molar refractivity (Wildman–Crippen MR) is 135 cm³/mol. The molecule has 0 saturated carbocycles. The zero-order chi connectivity index (χ0) is 20.9. The summed E-state index contributed by atoms with van der Waals surface area (Å²) in [7, 11) is 4.06. The Kier molecular flexibility index (Phi) is 13.1. The van der Waals surface area contributed by atoms with Gasteiger partial charge in [-0.15, -0.1) is 24.0 Å². The van der Waals surface area contributed by atoms with Crippen LogP contribution in [-0.2, 0) is 6.54 Å². The first-order valence-corrected chi connectivity index (χ1v) is 10.2. The van der Waals surface area contributed by atoms with Gasteiger partial charge in [0.25, 0.3) is 0 Å². The molecule has 2 aromatic carbocycles. The van der Waals surface area contributed by atoms with Gasteiger partial charge in [-0.1, -0.05) is 48.5 Å². The van der Waals surface area contributed by atoms with Crippen LogP contribution in [0.5, 0.6) is 5.75 Å². The minimum Gasteiger partial charge on any atom is -0.492 e. The number of hydrogen-bond donors (Lipinski definition) is 3. The molecule has 3 N–H and O–H groups in total. The summed E-state index contributed by atoms with van der Waals surface area (Å²) in [6, 6.07) is 18.0. The van der Waals surface area contributed by atoms with E-state index in [0.717, 1.165) is 35.9 Å². The third-order valence-electron chi connectivity index (χ3n) is 4.53. The van der Waals surface area contributed by atoms with Crippen LogP contribution in [0.15, 0.2) is 59.6 Å². The molecule has 0 aliphatic heterocycles. The minimum absolute atomic E-state index is 0. The summed E-state index contributed by atoms with van der Waals surface area (Å²) in [5.74, 6) is 1.61. The first kappa shape index (κ1) is 26.2. The average Bonchev–Trinajstić information content (AvgIpc) is 2.73. The van der Waals surface area contributed by atoms with E-state index < -0.39 is 0 Å². The predicted octanol–water partition coefficient (Wildman–Crippen LogP) is 3.08. The van der Waals surface area contributed by atoms with E-state index in [-0.39, 0.29) is 36.5 Å². The fourth-order valence-corrected chi connectivity index (χ4v) is 2.85. The first-order valence-electron chi connectivity index (χ1n) is 10.2. The molecule has 0 aliphatic carbocycles. The zero-order valence-corrected chi connectivity index (χ0v) is 20.5. The van der Waals surface area contributed by atoms with Crippen LogP contribution in [0.1, 0.15) is 24.0 Å². The Hall–Kier alpha value is -1.84. The Morgan fingerprint density at radius 3 is 2.43 bits per heavy atom. The lowest BCUT2D eigenvalue weighted by Crippen LogP contribution is -2.39. The maximum Gasteiger partial charge on any atom is 0.191 e. The Bertz CT molecular complexity index is 741. The van der Waals surface area contributed by atoms with Crippen LogP contribution in [0, 0.1) is 0 Å². The van der Waals surface area contributed by atoms with Gasteiger partial charge in [0.15, 0.2) is 5.96 Å². The van der Waals surface area contributed by atoms with E-state index in [0.29, 0.717) is 19.7 Å². The number of ether oxygens (including phenoxy) is 1. The Morgan fingerprint density at radius 2 is 1.77 bits per heavy atom. The van der Waals surface area contributed by atoms with Crippen molar-refractivity contribution in [3.63, 3.8) is 0 Å². The van der Waals surface area contributed by atoms with E-state index >= 15 is 0 Å². The van der Waals surface area contributed by atoms with E-state index in [1.54, 1.807) is 0 Å². The van der Waals surface area contributed by atoms with Gasteiger partial charge in [0.05, 0.1) is 13.2 Å². The smallest absolute Gasteiger partial charge is 0.191 e. The number of aliphatic hydroxyl groups excluding tert-OH is 1. The second-order valence-electron chi connectivity index (χ2n) is 7.13. The van der Waals surface area contributed by atoms with Gasteiger partial charge in [-0.05, 0) is 32.6 Å². The largest absolute Gasteiger partial charge is 0.492 e. The van der Waals surface area contributed by atoms with Crippen molar-refractivity contribution in [2.75, 3.05) is 46.9 Å². The lowest BCUT2D eigenvalue weighted by atomic mass is 10.0. The van der Waals surface area contributed by atoms with Crippen LogP contribution in [0.25, 0.3) is 0 Å². The van der Waals surface area contributed by atoms with Gasteiger partial charge in [0.1, 0.15) is 12.4 Å². The number of nitrogens with zero attached hydrogens (tertiary/aromatic N) is 2. The fourth-order valence-electron chi connectivity index (χ4n) is 2.85. The van der Waals surface area contributed by atoms with Crippen LogP contribution in [0.4, 0.5) is 0 Å². The number of benzene rings is 2. The highest BCUT2D eigenvalue weighted by Crippen LogP contribution is 2.19. The van der Waals surface area contributed by atoms with Crippen LogP contribution in [0.3, 0.4) is 0 Å². The monoisotopic (exact) mass is 526 g/mol. The third-order valence-corrected chi connectivity index (χ3v) is 4.53. The molecule has 0 saturated heterocycles. The maximum absolute atomic E-state index is 9.77. The molecule has 6 nitrogen and oxygen atoms in total.